The highest BCUT2D eigenvalue weighted by Crippen LogP contribution is 2.20. The quantitative estimate of drug-likeness (QED) is 0.641. The molecular weight excluding hydrogens is 367 g/mol. The second-order valence-electron chi connectivity index (χ2n) is 6.36. The Kier molecular flexibility index (Phi) is 6.31. The van der Waals surface area contributed by atoms with Gasteiger partial charge in [0, 0.05) is 30.3 Å². The summed E-state index contributed by atoms with van der Waals surface area (Å²) >= 11 is 1.56. The van der Waals surface area contributed by atoms with Gasteiger partial charge < -0.3 is 14.7 Å². The fraction of sp³-hybridized carbons (Fsp3) is 0.316. The van der Waals surface area contributed by atoms with E-state index in [0.717, 1.165) is 11.1 Å². The number of nitrogens with zero attached hydrogens (tertiary/aromatic N) is 3. The van der Waals surface area contributed by atoms with E-state index in [1.807, 2.05) is 41.9 Å². The van der Waals surface area contributed by atoms with Gasteiger partial charge in [0.2, 0.25) is 17.6 Å². The summed E-state index contributed by atoms with van der Waals surface area (Å²) in [4.78, 5) is 18.4. The first-order valence-corrected chi connectivity index (χ1v) is 9.51. The molecule has 1 amide bonds. The van der Waals surface area contributed by atoms with Crippen molar-refractivity contribution in [3.05, 3.63) is 58.4 Å². The smallest absolute Gasteiger partial charge is 0.227 e. The molecule has 0 aliphatic rings. The standard InChI is InChI=1S/C19H21FN4O2S/c1-24(2)16(13-4-3-5-15(20)10-13)11-21-17(25)6-7-18-22-19(23-26-18)14-8-9-27-12-14/h3-5,8-10,12,16H,6-7,11H2,1-2H3,(H,21,25). The van der Waals surface area contributed by atoms with Crippen LogP contribution in [0.5, 0.6) is 0 Å². The molecule has 142 valence electrons. The van der Waals surface area contributed by atoms with Crippen molar-refractivity contribution in [3.63, 3.8) is 0 Å². The summed E-state index contributed by atoms with van der Waals surface area (Å²) in [5, 5.41) is 10.7. The monoisotopic (exact) mass is 388 g/mol. The molecule has 0 aliphatic heterocycles. The Balaban J connectivity index is 1.51. The third-order valence-electron chi connectivity index (χ3n) is 4.16. The van der Waals surface area contributed by atoms with Gasteiger partial charge in [-0.2, -0.15) is 16.3 Å². The van der Waals surface area contributed by atoms with Crippen LogP contribution in [0.1, 0.15) is 23.9 Å². The summed E-state index contributed by atoms with van der Waals surface area (Å²) in [6.45, 7) is 0.388. The van der Waals surface area contributed by atoms with Crippen LogP contribution in [0.2, 0.25) is 0 Å². The molecule has 1 atom stereocenters. The minimum atomic E-state index is -0.288. The van der Waals surface area contributed by atoms with Crippen LogP contribution in [-0.2, 0) is 11.2 Å². The van der Waals surface area contributed by atoms with E-state index in [4.69, 9.17) is 4.52 Å². The fourth-order valence-electron chi connectivity index (χ4n) is 2.70. The van der Waals surface area contributed by atoms with Crippen molar-refractivity contribution in [2.24, 2.45) is 0 Å². The van der Waals surface area contributed by atoms with Crippen LogP contribution in [0.3, 0.4) is 0 Å². The summed E-state index contributed by atoms with van der Waals surface area (Å²) < 4.78 is 18.7. The molecule has 27 heavy (non-hydrogen) atoms. The zero-order valence-electron chi connectivity index (χ0n) is 15.2. The zero-order chi connectivity index (χ0) is 19.2. The van der Waals surface area contributed by atoms with Crippen LogP contribution in [0, 0.1) is 5.82 Å². The lowest BCUT2D eigenvalue weighted by Gasteiger charge is -2.25. The van der Waals surface area contributed by atoms with Gasteiger partial charge in [-0.1, -0.05) is 17.3 Å². The SMILES string of the molecule is CN(C)C(CNC(=O)CCc1nc(-c2ccsc2)no1)c1cccc(F)c1. The first-order chi connectivity index (χ1) is 13.0. The maximum Gasteiger partial charge on any atom is 0.227 e. The fourth-order valence-corrected chi connectivity index (χ4v) is 3.33. The number of aryl methyl sites for hydroxylation is 1. The molecule has 0 saturated carbocycles. The minimum absolute atomic E-state index is 0.113. The second kappa shape index (κ2) is 8.88. The van der Waals surface area contributed by atoms with Gasteiger partial charge >= 0.3 is 0 Å². The molecule has 3 aromatic rings. The van der Waals surface area contributed by atoms with E-state index >= 15 is 0 Å². The topological polar surface area (TPSA) is 71.3 Å². The van der Waals surface area contributed by atoms with Crippen LogP contribution in [0.4, 0.5) is 4.39 Å². The Morgan fingerprint density at radius 1 is 1.37 bits per heavy atom. The van der Waals surface area contributed by atoms with Crippen LogP contribution < -0.4 is 5.32 Å². The summed E-state index contributed by atoms with van der Waals surface area (Å²) in [5.74, 6) is 0.558. The van der Waals surface area contributed by atoms with E-state index in [9.17, 15) is 9.18 Å². The number of likely N-dealkylation sites (N-methyl/N-ethyl adjacent to an activating group) is 1. The van der Waals surface area contributed by atoms with E-state index in [2.05, 4.69) is 15.5 Å². The van der Waals surface area contributed by atoms with Crippen LogP contribution >= 0.6 is 11.3 Å². The number of thiophene rings is 1. The lowest BCUT2D eigenvalue weighted by Crippen LogP contribution is -2.34. The molecule has 2 heterocycles. The largest absolute Gasteiger partial charge is 0.354 e. The van der Waals surface area contributed by atoms with Crippen LogP contribution in [0.25, 0.3) is 11.4 Å². The zero-order valence-corrected chi connectivity index (χ0v) is 16.0. The van der Waals surface area contributed by atoms with Gasteiger partial charge in [0.25, 0.3) is 0 Å². The molecule has 0 radical (unpaired) electrons. The van der Waals surface area contributed by atoms with Crippen LogP contribution in [-0.4, -0.2) is 41.6 Å². The Morgan fingerprint density at radius 2 is 2.22 bits per heavy atom. The van der Waals surface area contributed by atoms with Crippen molar-refractivity contribution < 1.29 is 13.7 Å². The summed E-state index contributed by atoms with van der Waals surface area (Å²) in [7, 11) is 3.79. The molecule has 0 aliphatic carbocycles. The van der Waals surface area contributed by atoms with Crippen molar-refractivity contribution in [3.8, 4) is 11.4 Å². The Morgan fingerprint density at radius 3 is 2.93 bits per heavy atom. The number of aromatic nitrogens is 2. The third kappa shape index (κ3) is 5.21. The molecule has 0 saturated heterocycles. The van der Waals surface area contributed by atoms with Gasteiger partial charge in [0.1, 0.15) is 5.82 Å². The number of benzene rings is 1. The van der Waals surface area contributed by atoms with Gasteiger partial charge in [-0.3, -0.25) is 4.79 Å². The first kappa shape index (κ1) is 19.2. The summed E-state index contributed by atoms with van der Waals surface area (Å²) in [6.07, 6.45) is 0.615. The highest BCUT2D eigenvalue weighted by Gasteiger charge is 2.16. The van der Waals surface area contributed by atoms with Crippen molar-refractivity contribution in [2.75, 3.05) is 20.6 Å². The van der Waals surface area contributed by atoms with Crippen molar-refractivity contribution in [2.45, 2.75) is 18.9 Å². The van der Waals surface area contributed by atoms with E-state index in [0.29, 0.717) is 24.7 Å². The van der Waals surface area contributed by atoms with Crippen LogP contribution in [0.15, 0.2) is 45.6 Å². The molecule has 8 heteroatoms. The second-order valence-corrected chi connectivity index (χ2v) is 7.14. The van der Waals surface area contributed by atoms with Gasteiger partial charge in [-0.25, -0.2) is 4.39 Å². The maximum atomic E-state index is 13.5. The molecule has 6 nitrogen and oxygen atoms in total. The number of amides is 1. The van der Waals surface area contributed by atoms with Gasteiger partial charge in [-0.15, -0.1) is 0 Å². The average molecular weight is 388 g/mol. The molecule has 0 bridgehead atoms. The van der Waals surface area contributed by atoms with E-state index in [1.165, 1.54) is 12.1 Å². The lowest BCUT2D eigenvalue weighted by molar-refractivity contribution is -0.121. The summed E-state index contributed by atoms with van der Waals surface area (Å²) in [6, 6.07) is 8.22. The van der Waals surface area contributed by atoms with Gasteiger partial charge in [0.15, 0.2) is 0 Å². The molecule has 1 aromatic carbocycles. The third-order valence-corrected chi connectivity index (χ3v) is 4.85. The van der Waals surface area contributed by atoms with Crippen molar-refractivity contribution in [1.82, 2.24) is 20.4 Å². The summed E-state index contributed by atoms with van der Waals surface area (Å²) in [5.41, 5.74) is 1.72. The van der Waals surface area contributed by atoms with E-state index in [-0.39, 0.29) is 24.2 Å². The Hall–Kier alpha value is -2.58. The van der Waals surface area contributed by atoms with Crippen molar-refractivity contribution >= 4 is 17.2 Å². The Bertz CT molecular complexity index is 879. The van der Waals surface area contributed by atoms with Crippen molar-refractivity contribution in [1.29, 1.82) is 0 Å². The normalized spacial score (nSPS) is 12.3. The number of hydrogen-bond acceptors (Lipinski definition) is 6. The number of carbonyl (C=O) groups excluding carboxylic acids is 1. The predicted molar refractivity (Wildman–Crippen MR) is 102 cm³/mol. The van der Waals surface area contributed by atoms with Gasteiger partial charge in [0.05, 0.1) is 6.04 Å². The lowest BCUT2D eigenvalue weighted by atomic mass is 10.1. The number of carbonyl (C=O) groups is 1. The minimum Gasteiger partial charge on any atom is -0.354 e. The number of nitrogens with one attached hydrogen (secondary N) is 1. The number of rotatable bonds is 8. The number of hydrogen-bond donors (Lipinski definition) is 1. The molecule has 1 unspecified atom stereocenters. The highest BCUT2D eigenvalue weighted by atomic mass is 32.1. The number of halogens is 1. The van der Waals surface area contributed by atoms with E-state index < -0.39 is 0 Å². The molecular formula is C19H21FN4O2S. The molecule has 3 rings (SSSR count). The Labute approximate surface area is 161 Å². The van der Waals surface area contributed by atoms with Gasteiger partial charge in [-0.05, 0) is 43.2 Å². The molecule has 2 aromatic heterocycles. The average Bonchev–Trinajstić information content (AvgIpc) is 3.31. The molecule has 0 spiro atoms. The highest BCUT2D eigenvalue weighted by molar-refractivity contribution is 7.08. The predicted octanol–water partition coefficient (Wildman–Crippen LogP) is 3.29. The first-order valence-electron chi connectivity index (χ1n) is 8.56. The molecule has 1 N–H and O–H groups in total. The van der Waals surface area contributed by atoms with E-state index in [1.54, 1.807) is 17.4 Å². The molecule has 0 fully saturated rings. The maximum absolute atomic E-state index is 13.5.